The van der Waals surface area contributed by atoms with Gasteiger partial charge in [-0.2, -0.15) is 0 Å². The Morgan fingerprint density at radius 3 is 2.31 bits per heavy atom. The van der Waals surface area contributed by atoms with Crippen LogP contribution < -0.4 is 4.90 Å². The van der Waals surface area contributed by atoms with Crippen molar-refractivity contribution in [1.82, 2.24) is 9.97 Å². The smallest absolute Gasteiger partial charge is 0.150 e. The zero-order valence-electron chi connectivity index (χ0n) is 15.5. The quantitative estimate of drug-likeness (QED) is 0.609. The van der Waals surface area contributed by atoms with Gasteiger partial charge in [0.15, 0.2) is 0 Å². The second-order valence-electron chi connectivity index (χ2n) is 7.86. The van der Waals surface area contributed by atoms with E-state index in [1.54, 1.807) is 6.07 Å². The van der Waals surface area contributed by atoms with Crippen LogP contribution in [0.5, 0.6) is 0 Å². The average Bonchev–Trinajstić information content (AvgIpc) is 3.08. The summed E-state index contributed by atoms with van der Waals surface area (Å²) in [6.07, 6.45) is 8.22. The largest absolute Gasteiger partial charge is 0.355 e. The Bertz CT molecular complexity index is 818. The van der Waals surface area contributed by atoms with Gasteiger partial charge in [0, 0.05) is 18.7 Å². The summed E-state index contributed by atoms with van der Waals surface area (Å²) < 4.78 is 0. The van der Waals surface area contributed by atoms with Crippen molar-refractivity contribution in [2.45, 2.75) is 52.4 Å². The number of aryl methyl sites for hydroxylation is 2. The van der Waals surface area contributed by atoms with Crippen molar-refractivity contribution in [1.29, 1.82) is 0 Å². The van der Waals surface area contributed by atoms with Crippen molar-refractivity contribution in [3.8, 4) is 11.3 Å². The van der Waals surface area contributed by atoms with Crippen LogP contribution in [0.2, 0.25) is 10.0 Å². The maximum Gasteiger partial charge on any atom is 0.150 e. The molecule has 2 aliphatic rings. The molecule has 0 bridgehead atoms. The molecule has 1 aromatic carbocycles. The standard InChI is InChI=1S/C21H25Cl2N3/c1-14-19(16-6-5-7-17(22)18(16)23)24-15(2)20(25-14)26-12-10-21(11-13-26)8-3-4-9-21/h5-7H,3-4,8-13H2,1-2H3. The molecule has 0 atom stereocenters. The van der Waals surface area contributed by atoms with Crippen LogP contribution in [0.15, 0.2) is 18.2 Å². The summed E-state index contributed by atoms with van der Waals surface area (Å²) >= 11 is 12.6. The summed E-state index contributed by atoms with van der Waals surface area (Å²) in [5.74, 6) is 1.03. The Morgan fingerprint density at radius 1 is 0.923 bits per heavy atom. The highest BCUT2D eigenvalue weighted by Crippen LogP contribution is 2.46. The van der Waals surface area contributed by atoms with E-state index in [9.17, 15) is 0 Å². The Balaban J connectivity index is 1.61. The van der Waals surface area contributed by atoms with Crippen molar-refractivity contribution < 1.29 is 0 Å². The lowest BCUT2D eigenvalue weighted by atomic mass is 9.77. The Morgan fingerprint density at radius 2 is 1.62 bits per heavy atom. The maximum absolute atomic E-state index is 6.40. The van der Waals surface area contributed by atoms with E-state index in [0.717, 1.165) is 41.6 Å². The molecule has 1 saturated carbocycles. The van der Waals surface area contributed by atoms with E-state index >= 15 is 0 Å². The van der Waals surface area contributed by atoms with Crippen LogP contribution in [0.1, 0.15) is 49.9 Å². The number of hydrogen-bond acceptors (Lipinski definition) is 3. The first-order valence-electron chi connectivity index (χ1n) is 9.54. The molecule has 1 spiro atoms. The van der Waals surface area contributed by atoms with Gasteiger partial charge in [0.2, 0.25) is 0 Å². The minimum Gasteiger partial charge on any atom is -0.355 e. The van der Waals surface area contributed by atoms with Crippen molar-refractivity contribution in [3.05, 3.63) is 39.6 Å². The molecule has 4 rings (SSSR count). The lowest BCUT2D eigenvalue weighted by Crippen LogP contribution is -2.39. The zero-order chi connectivity index (χ0) is 18.3. The summed E-state index contributed by atoms with van der Waals surface area (Å²) in [5.41, 5.74) is 4.14. The molecular weight excluding hydrogens is 365 g/mol. The summed E-state index contributed by atoms with van der Waals surface area (Å²) in [6, 6.07) is 5.65. The van der Waals surface area contributed by atoms with Crippen LogP contribution in [0.3, 0.4) is 0 Å². The predicted molar refractivity (Wildman–Crippen MR) is 109 cm³/mol. The van der Waals surface area contributed by atoms with Gasteiger partial charge in [0.05, 0.1) is 27.1 Å². The molecule has 138 valence electrons. The van der Waals surface area contributed by atoms with Crippen molar-refractivity contribution >= 4 is 29.0 Å². The third kappa shape index (κ3) is 3.20. The summed E-state index contributed by atoms with van der Waals surface area (Å²) in [6.45, 7) is 6.23. The van der Waals surface area contributed by atoms with E-state index in [4.69, 9.17) is 33.2 Å². The van der Waals surface area contributed by atoms with Crippen LogP contribution in [-0.4, -0.2) is 23.1 Å². The van der Waals surface area contributed by atoms with Crippen molar-refractivity contribution in [2.75, 3.05) is 18.0 Å². The van der Waals surface area contributed by atoms with Crippen LogP contribution in [-0.2, 0) is 0 Å². The molecular formula is C21H25Cl2N3. The Kier molecular flexibility index (Phi) is 4.87. The van der Waals surface area contributed by atoms with Crippen molar-refractivity contribution in [3.63, 3.8) is 0 Å². The van der Waals surface area contributed by atoms with Crippen LogP contribution >= 0.6 is 23.2 Å². The number of anilines is 1. The zero-order valence-corrected chi connectivity index (χ0v) is 17.0. The minimum atomic E-state index is 0.542. The number of piperidine rings is 1. The molecule has 3 nitrogen and oxygen atoms in total. The maximum atomic E-state index is 6.40. The molecule has 1 saturated heterocycles. The van der Waals surface area contributed by atoms with Gasteiger partial charge in [0.1, 0.15) is 5.82 Å². The number of hydrogen-bond donors (Lipinski definition) is 0. The van der Waals surface area contributed by atoms with Gasteiger partial charge < -0.3 is 4.90 Å². The second-order valence-corrected chi connectivity index (χ2v) is 8.65. The highest BCUT2D eigenvalue weighted by atomic mass is 35.5. The fourth-order valence-electron chi connectivity index (χ4n) is 4.65. The van der Waals surface area contributed by atoms with E-state index in [2.05, 4.69) is 4.90 Å². The molecule has 2 heterocycles. The SMILES string of the molecule is Cc1nc(N2CCC3(CCCC3)CC2)c(C)nc1-c1cccc(Cl)c1Cl. The molecule has 0 amide bonds. The number of halogens is 2. The second kappa shape index (κ2) is 7.01. The van der Waals surface area contributed by atoms with E-state index in [1.165, 1.54) is 38.5 Å². The summed E-state index contributed by atoms with van der Waals surface area (Å²) in [7, 11) is 0. The predicted octanol–water partition coefficient (Wildman–Crippen LogP) is 6.23. The number of benzene rings is 1. The Labute approximate surface area is 165 Å². The first-order valence-corrected chi connectivity index (χ1v) is 10.3. The fraction of sp³-hybridized carbons (Fsp3) is 0.524. The van der Waals surface area contributed by atoms with Gasteiger partial charge in [-0.25, -0.2) is 9.97 Å². The first-order chi connectivity index (χ1) is 12.5. The minimum absolute atomic E-state index is 0.542. The van der Waals surface area contributed by atoms with Gasteiger partial charge >= 0.3 is 0 Å². The average molecular weight is 390 g/mol. The number of aromatic nitrogens is 2. The van der Waals surface area contributed by atoms with Crippen LogP contribution in [0.25, 0.3) is 11.3 Å². The van der Waals surface area contributed by atoms with E-state index in [1.807, 2.05) is 26.0 Å². The molecule has 0 N–H and O–H groups in total. The van der Waals surface area contributed by atoms with Gasteiger partial charge in [-0.3, -0.25) is 0 Å². The van der Waals surface area contributed by atoms with E-state index in [0.29, 0.717) is 15.5 Å². The summed E-state index contributed by atoms with van der Waals surface area (Å²) in [4.78, 5) is 12.2. The first kappa shape index (κ1) is 18.1. The van der Waals surface area contributed by atoms with E-state index < -0.39 is 0 Å². The summed E-state index contributed by atoms with van der Waals surface area (Å²) in [5, 5.41) is 1.09. The van der Waals surface area contributed by atoms with Crippen LogP contribution in [0.4, 0.5) is 5.82 Å². The lowest BCUT2D eigenvalue weighted by molar-refractivity contribution is 0.226. The molecule has 2 fully saturated rings. The fourth-order valence-corrected chi connectivity index (χ4v) is 5.04. The third-order valence-corrected chi connectivity index (χ3v) is 7.03. The highest BCUT2D eigenvalue weighted by Gasteiger charge is 2.37. The monoisotopic (exact) mass is 389 g/mol. The lowest BCUT2D eigenvalue weighted by Gasteiger charge is -2.40. The molecule has 2 aromatic rings. The molecule has 1 aliphatic carbocycles. The molecule has 5 heteroatoms. The molecule has 0 radical (unpaired) electrons. The normalized spacial score (nSPS) is 19.3. The van der Waals surface area contributed by atoms with Crippen molar-refractivity contribution in [2.24, 2.45) is 5.41 Å². The topological polar surface area (TPSA) is 29.0 Å². The van der Waals surface area contributed by atoms with E-state index in [-0.39, 0.29) is 0 Å². The highest BCUT2D eigenvalue weighted by molar-refractivity contribution is 6.43. The molecule has 26 heavy (non-hydrogen) atoms. The number of rotatable bonds is 2. The Hall–Kier alpha value is -1.32. The third-order valence-electron chi connectivity index (χ3n) is 6.21. The van der Waals surface area contributed by atoms with Gasteiger partial charge in [-0.15, -0.1) is 0 Å². The van der Waals surface area contributed by atoms with Gasteiger partial charge in [0.25, 0.3) is 0 Å². The van der Waals surface area contributed by atoms with Gasteiger partial charge in [-0.1, -0.05) is 48.2 Å². The van der Waals surface area contributed by atoms with Gasteiger partial charge in [-0.05, 0) is 51.0 Å². The number of nitrogens with zero attached hydrogens (tertiary/aromatic N) is 3. The molecule has 1 aromatic heterocycles. The molecule has 1 aliphatic heterocycles. The van der Waals surface area contributed by atoms with Crippen LogP contribution in [0, 0.1) is 19.3 Å². The molecule has 0 unspecified atom stereocenters.